The Labute approximate surface area is 90.9 Å². The first kappa shape index (κ1) is 16.1. The quantitative estimate of drug-likeness (QED) is 0.420. The summed E-state index contributed by atoms with van der Waals surface area (Å²) in [7, 11) is 0. The van der Waals surface area contributed by atoms with E-state index in [2.05, 4.69) is 11.3 Å². The summed E-state index contributed by atoms with van der Waals surface area (Å²) in [5.41, 5.74) is 0. The van der Waals surface area contributed by atoms with Crippen LogP contribution in [-0.2, 0) is 14.3 Å². The van der Waals surface area contributed by atoms with Gasteiger partial charge in [-0.2, -0.15) is 0 Å². The minimum atomic E-state index is -0.711. The number of hydrogen-bond acceptors (Lipinski definition) is 3. The number of carboxylic acids is 1. The van der Waals surface area contributed by atoms with E-state index in [0.717, 1.165) is 19.3 Å². The van der Waals surface area contributed by atoms with Crippen molar-refractivity contribution in [2.24, 2.45) is 0 Å². The van der Waals surface area contributed by atoms with Gasteiger partial charge in [-0.3, -0.25) is 4.79 Å². The van der Waals surface area contributed by atoms with Crippen LogP contribution in [0.3, 0.4) is 0 Å². The van der Waals surface area contributed by atoms with Crippen molar-refractivity contribution in [3.8, 4) is 0 Å². The Morgan fingerprint density at radius 2 is 1.93 bits per heavy atom. The van der Waals surface area contributed by atoms with E-state index in [4.69, 9.17) is 5.11 Å². The van der Waals surface area contributed by atoms with Crippen LogP contribution in [0.5, 0.6) is 0 Å². The highest BCUT2D eigenvalue weighted by Crippen LogP contribution is 1.88. The fourth-order valence-electron chi connectivity index (χ4n) is 0.590. The van der Waals surface area contributed by atoms with Gasteiger partial charge < -0.3 is 9.84 Å². The molecule has 88 valence electrons. The summed E-state index contributed by atoms with van der Waals surface area (Å²) in [6.07, 6.45) is 4.18. The molecule has 4 nitrogen and oxygen atoms in total. The summed E-state index contributed by atoms with van der Waals surface area (Å²) in [5.74, 6) is -1.04. The molecule has 1 N–H and O–H groups in total. The van der Waals surface area contributed by atoms with E-state index in [9.17, 15) is 9.59 Å². The van der Waals surface area contributed by atoms with Crippen LogP contribution < -0.4 is 0 Å². The highest BCUT2D eigenvalue weighted by atomic mass is 16.5. The lowest BCUT2D eigenvalue weighted by Gasteiger charge is -1.97. The summed E-state index contributed by atoms with van der Waals surface area (Å²) in [4.78, 5) is 19.9. The molecule has 0 heterocycles. The average molecular weight is 216 g/mol. The van der Waals surface area contributed by atoms with Gasteiger partial charge in [0.05, 0.1) is 6.61 Å². The number of carboxylic acid groups (broad SMARTS) is 1. The molecule has 0 saturated carbocycles. The topological polar surface area (TPSA) is 63.6 Å². The summed E-state index contributed by atoms with van der Waals surface area (Å²) < 4.78 is 4.67. The van der Waals surface area contributed by atoms with Crippen LogP contribution >= 0.6 is 0 Å². The molecule has 0 saturated heterocycles. The van der Waals surface area contributed by atoms with Crippen LogP contribution in [0.1, 0.15) is 39.5 Å². The molecule has 0 rings (SSSR count). The van der Waals surface area contributed by atoms with Gasteiger partial charge in [-0.1, -0.05) is 26.8 Å². The van der Waals surface area contributed by atoms with E-state index in [1.165, 1.54) is 6.08 Å². The highest BCUT2D eigenvalue weighted by Gasteiger charge is 1.91. The number of rotatable bonds is 6. The van der Waals surface area contributed by atoms with Crippen LogP contribution in [0.15, 0.2) is 12.7 Å². The summed E-state index contributed by atoms with van der Waals surface area (Å²) in [6, 6.07) is 0. The molecular weight excluding hydrogens is 196 g/mol. The zero-order valence-electron chi connectivity index (χ0n) is 9.49. The maximum absolute atomic E-state index is 10.3. The van der Waals surface area contributed by atoms with E-state index in [1.54, 1.807) is 0 Å². The van der Waals surface area contributed by atoms with Crippen molar-refractivity contribution in [2.45, 2.75) is 39.5 Å². The van der Waals surface area contributed by atoms with Gasteiger partial charge in [-0.15, -0.1) is 0 Å². The first-order valence-corrected chi connectivity index (χ1v) is 5.09. The number of ether oxygens (including phenoxy) is 1. The Hall–Kier alpha value is -1.32. The van der Waals surface area contributed by atoms with E-state index in [0.29, 0.717) is 13.0 Å². The lowest BCUT2D eigenvalue weighted by molar-refractivity contribution is -0.138. The number of esters is 1. The standard InChI is InChI=1S/C7H12O2.C4H8O2/c1-3-5-6-9-7(8)4-2;1-2-3-4(5)6/h4H,2-3,5-6H2,1H3;2-3H2,1H3,(H,5,6). The lowest BCUT2D eigenvalue weighted by atomic mass is 10.4. The zero-order chi connectivity index (χ0) is 12.1. The molecule has 0 atom stereocenters. The van der Waals surface area contributed by atoms with Gasteiger partial charge >= 0.3 is 11.9 Å². The molecule has 0 aromatic heterocycles. The maximum atomic E-state index is 10.3. The molecule has 0 aliphatic carbocycles. The van der Waals surface area contributed by atoms with Crippen LogP contribution in [0.2, 0.25) is 0 Å². The molecule has 0 amide bonds. The molecule has 4 heteroatoms. The average Bonchev–Trinajstić information content (AvgIpc) is 2.18. The molecule has 0 spiro atoms. The Morgan fingerprint density at radius 1 is 1.33 bits per heavy atom. The molecule has 0 radical (unpaired) electrons. The second-order valence-corrected chi connectivity index (χ2v) is 2.87. The molecule has 0 unspecified atom stereocenters. The van der Waals surface area contributed by atoms with Crippen molar-refractivity contribution in [1.29, 1.82) is 0 Å². The summed E-state index contributed by atoms with van der Waals surface area (Å²) in [5, 5.41) is 7.91. The largest absolute Gasteiger partial charge is 0.481 e. The first-order chi connectivity index (χ1) is 7.08. The van der Waals surface area contributed by atoms with E-state index in [-0.39, 0.29) is 5.97 Å². The first-order valence-electron chi connectivity index (χ1n) is 5.09. The Morgan fingerprint density at radius 3 is 2.20 bits per heavy atom. The minimum absolute atomic E-state index is 0.292. The second-order valence-electron chi connectivity index (χ2n) is 2.87. The number of unbranched alkanes of at least 4 members (excludes halogenated alkanes) is 1. The molecule has 0 bridgehead atoms. The van der Waals surface area contributed by atoms with Gasteiger partial charge in [0.25, 0.3) is 0 Å². The van der Waals surface area contributed by atoms with Crippen molar-refractivity contribution < 1.29 is 19.4 Å². The highest BCUT2D eigenvalue weighted by molar-refractivity contribution is 5.81. The van der Waals surface area contributed by atoms with E-state index >= 15 is 0 Å². The zero-order valence-corrected chi connectivity index (χ0v) is 9.49. The van der Waals surface area contributed by atoms with Crippen LogP contribution in [0, 0.1) is 0 Å². The van der Waals surface area contributed by atoms with Crippen molar-refractivity contribution in [1.82, 2.24) is 0 Å². The lowest BCUT2D eigenvalue weighted by Crippen LogP contribution is -2.00. The molecule has 0 aromatic rings. The number of carbonyl (C=O) groups is 2. The second kappa shape index (κ2) is 12.7. The molecule has 0 aromatic carbocycles. The fraction of sp³-hybridized carbons (Fsp3) is 0.636. The number of aliphatic carboxylic acids is 1. The van der Waals surface area contributed by atoms with Crippen LogP contribution in [-0.4, -0.2) is 23.7 Å². The van der Waals surface area contributed by atoms with Gasteiger partial charge in [-0.25, -0.2) is 4.79 Å². The van der Waals surface area contributed by atoms with Crippen molar-refractivity contribution in [2.75, 3.05) is 6.61 Å². The maximum Gasteiger partial charge on any atom is 0.330 e. The number of carbonyl (C=O) groups excluding carboxylic acids is 1. The van der Waals surface area contributed by atoms with Gasteiger partial charge in [0.15, 0.2) is 0 Å². The Bertz CT molecular complexity index is 187. The minimum Gasteiger partial charge on any atom is -0.481 e. The monoisotopic (exact) mass is 216 g/mol. The SMILES string of the molecule is C=CC(=O)OCCCC.CCCC(=O)O. The Balaban J connectivity index is 0. The normalized spacial score (nSPS) is 8.40. The van der Waals surface area contributed by atoms with Crippen LogP contribution in [0.25, 0.3) is 0 Å². The summed E-state index contributed by atoms with van der Waals surface area (Å²) in [6.45, 7) is 7.66. The third-order valence-corrected chi connectivity index (χ3v) is 1.37. The fourth-order valence-corrected chi connectivity index (χ4v) is 0.590. The van der Waals surface area contributed by atoms with E-state index < -0.39 is 5.97 Å². The third-order valence-electron chi connectivity index (χ3n) is 1.37. The third kappa shape index (κ3) is 19.2. The van der Waals surface area contributed by atoms with E-state index in [1.807, 2.05) is 13.8 Å². The van der Waals surface area contributed by atoms with Gasteiger partial charge in [0.1, 0.15) is 0 Å². The molecule has 0 aliphatic heterocycles. The predicted octanol–water partition coefficient (Wildman–Crippen LogP) is 2.39. The smallest absolute Gasteiger partial charge is 0.330 e. The van der Waals surface area contributed by atoms with Crippen molar-refractivity contribution >= 4 is 11.9 Å². The predicted molar refractivity (Wildman–Crippen MR) is 58.6 cm³/mol. The Kier molecular flexibility index (Phi) is 13.6. The molecule has 0 fully saturated rings. The molecule has 0 aliphatic rings. The van der Waals surface area contributed by atoms with Gasteiger partial charge in [0, 0.05) is 12.5 Å². The van der Waals surface area contributed by atoms with Crippen molar-refractivity contribution in [3.05, 3.63) is 12.7 Å². The molecule has 15 heavy (non-hydrogen) atoms. The summed E-state index contributed by atoms with van der Waals surface area (Å²) >= 11 is 0. The van der Waals surface area contributed by atoms with Crippen LogP contribution in [0.4, 0.5) is 0 Å². The number of hydrogen-bond donors (Lipinski definition) is 1. The van der Waals surface area contributed by atoms with Gasteiger partial charge in [-0.05, 0) is 12.8 Å². The van der Waals surface area contributed by atoms with Gasteiger partial charge in [0.2, 0.25) is 0 Å². The van der Waals surface area contributed by atoms with Crippen molar-refractivity contribution in [3.63, 3.8) is 0 Å². The molecular formula is C11H20O4.